The molecule has 1 fully saturated rings. The van der Waals surface area contributed by atoms with Gasteiger partial charge in [-0.05, 0) is 51.1 Å². The first-order valence-corrected chi connectivity index (χ1v) is 9.36. The SMILES string of the molecule is CCCN1CCCN(c2c(C(=O)OCC)cnc3ccc(F)cc23)CC1. The van der Waals surface area contributed by atoms with Gasteiger partial charge in [0.15, 0.2) is 0 Å². The van der Waals surface area contributed by atoms with Gasteiger partial charge in [-0.1, -0.05) is 6.92 Å². The summed E-state index contributed by atoms with van der Waals surface area (Å²) in [5.74, 6) is -0.736. The van der Waals surface area contributed by atoms with Crippen LogP contribution in [0.3, 0.4) is 0 Å². The van der Waals surface area contributed by atoms with Crippen molar-refractivity contribution in [1.82, 2.24) is 9.88 Å². The summed E-state index contributed by atoms with van der Waals surface area (Å²) in [6.07, 6.45) is 3.68. The summed E-state index contributed by atoms with van der Waals surface area (Å²) in [7, 11) is 0. The quantitative estimate of drug-likeness (QED) is 0.765. The number of nitrogens with zero attached hydrogens (tertiary/aromatic N) is 3. The first kappa shape index (κ1) is 18.6. The molecular formula is C20H26FN3O2. The third-order valence-corrected chi connectivity index (χ3v) is 4.74. The van der Waals surface area contributed by atoms with Gasteiger partial charge in [0.25, 0.3) is 0 Å². The average molecular weight is 359 g/mol. The lowest BCUT2D eigenvalue weighted by Crippen LogP contribution is -2.32. The molecule has 0 amide bonds. The van der Waals surface area contributed by atoms with Gasteiger partial charge in [0.1, 0.15) is 11.4 Å². The number of fused-ring (bicyclic) bond motifs is 1. The van der Waals surface area contributed by atoms with E-state index in [1.807, 2.05) is 0 Å². The maximum absolute atomic E-state index is 13.9. The van der Waals surface area contributed by atoms with Crippen LogP contribution in [0, 0.1) is 5.82 Å². The Morgan fingerprint density at radius 1 is 1.23 bits per heavy atom. The Hall–Kier alpha value is -2.21. The highest BCUT2D eigenvalue weighted by Gasteiger charge is 2.24. The van der Waals surface area contributed by atoms with Crippen LogP contribution in [0.4, 0.5) is 10.1 Å². The Morgan fingerprint density at radius 2 is 2.08 bits per heavy atom. The maximum atomic E-state index is 13.9. The molecule has 2 aromatic rings. The second kappa shape index (κ2) is 8.45. The van der Waals surface area contributed by atoms with Crippen molar-refractivity contribution in [1.29, 1.82) is 0 Å². The molecule has 6 heteroatoms. The maximum Gasteiger partial charge on any atom is 0.341 e. The number of ether oxygens (including phenoxy) is 1. The van der Waals surface area contributed by atoms with Crippen LogP contribution in [0.15, 0.2) is 24.4 Å². The molecule has 3 rings (SSSR count). The summed E-state index contributed by atoms with van der Waals surface area (Å²) in [5.41, 5.74) is 1.84. The van der Waals surface area contributed by atoms with Gasteiger partial charge >= 0.3 is 5.97 Å². The molecule has 1 aromatic heterocycles. The molecule has 0 bridgehead atoms. The van der Waals surface area contributed by atoms with Crippen molar-refractivity contribution in [2.45, 2.75) is 26.7 Å². The summed E-state index contributed by atoms with van der Waals surface area (Å²) in [4.78, 5) is 21.5. The van der Waals surface area contributed by atoms with E-state index < -0.39 is 5.97 Å². The van der Waals surface area contributed by atoms with Crippen LogP contribution in [-0.2, 0) is 4.74 Å². The average Bonchev–Trinajstić information content (AvgIpc) is 2.86. The summed E-state index contributed by atoms with van der Waals surface area (Å²) >= 11 is 0. The number of carbonyl (C=O) groups is 1. The van der Waals surface area contributed by atoms with Crippen LogP contribution in [0.25, 0.3) is 10.9 Å². The molecule has 0 aliphatic carbocycles. The highest BCUT2D eigenvalue weighted by atomic mass is 19.1. The number of aromatic nitrogens is 1. The van der Waals surface area contributed by atoms with Gasteiger partial charge in [-0.3, -0.25) is 4.98 Å². The highest BCUT2D eigenvalue weighted by molar-refractivity contribution is 6.05. The number of benzene rings is 1. The first-order valence-electron chi connectivity index (χ1n) is 9.36. The lowest BCUT2D eigenvalue weighted by Gasteiger charge is -2.26. The zero-order valence-corrected chi connectivity index (χ0v) is 15.5. The standard InChI is InChI=1S/C20H26FN3O2/c1-3-8-23-9-5-10-24(12-11-23)19-16-13-15(21)6-7-18(16)22-14-17(19)20(25)26-4-2/h6-7,13-14H,3-5,8-12H2,1-2H3. The van der Waals surface area contributed by atoms with Gasteiger partial charge in [-0.15, -0.1) is 0 Å². The van der Waals surface area contributed by atoms with E-state index in [1.165, 1.54) is 12.1 Å². The van der Waals surface area contributed by atoms with Crippen molar-refractivity contribution in [3.8, 4) is 0 Å². The minimum atomic E-state index is -0.407. The molecule has 140 valence electrons. The minimum absolute atomic E-state index is 0.295. The Balaban J connectivity index is 2.04. The van der Waals surface area contributed by atoms with E-state index in [0.717, 1.165) is 51.3 Å². The summed E-state index contributed by atoms with van der Waals surface area (Å²) in [6.45, 7) is 8.91. The fourth-order valence-corrected chi connectivity index (χ4v) is 3.58. The van der Waals surface area contributed by atoms with Gasteiger partial charge in [-0.25, -0.2) is 9.18 Å². The lowest BCUT2D eigenvalue weighted by molar-refractivity contribution is 0.0527. The summed E-state index contributed by atoms with van der Waals surface area (Å²) in [5, 5.41) is 0.666. The Labute approximate surface area is 153 Å². The van der Waals surface area contributed by atoms with Gasteiger partial charge in [-0.2, -0.15) is 0 Å². The minimum Gasteiger partial charge on any atom is -0.462 e. The molecule has 0 radical (unpaired) electrons. The Kier molecular flexibility index (Phi) is 6.04. The molecular weight excluding hydrogens is 333 g/mol. The number of rotatable bonds is 5. The molecule has 0 spiro atoms. The van der Waals surface area contributed by atoms with Crippen molar-refractivity contribution in [2.75, 3.05) is 44.2 Å². The topological polar surface area (TPSA) is 45.7 Å². The normalized spacial score (nSPS) is 15.9. The third-order valence-electron chi connectivity index (χ3n) is 4.74. The molecule has 0 N–H and O–H groups in total. The number of pyridine rings is 1. The van der Waals surface area contributed by atoms with Gasteiger partial charge in [0, 0.05) is 31.2 Å². The fourth-order valence-electron chi connectivity index (χ4n) is 3.58. The van der Waals surface area contributed by atoms with Crippen LogP contribution >= 0.6 is 0 Å². The van der Waals surface area contributed by atoms with E-state index in [9.17, 15) is 9.18 Å². The molecule has 26 heavy (non-hydrogen) atoms. The third kappa shape index (κ3) is 3.96. The van der Waals surface area contributed by atoms with Crippen molar-refractivity contribution in [3.63, 3.8) is 0 Å². The second-order valence-corrected chi connectivity index (χ2v) is 6.58. The lowest BCUT2D eigenvalue weighted by atomic mass is 10.1. The predicted octanol–water partition coefficient (Wildman–Crippen LogP) is 3.47. The van der Waals surface area contributed by atoms with Gasteiger partial charge < -0.3 is 14.5 Å². The smallest absolute Gasteiger partial charge is 0.341 e. The summed E-state index contributed by atoms with van der Waals surface area (Å²) in [6, 6.07) is 4.52. The second-order valence-electron chi connectivity index (χ2n) is 6.58. The van der Waals surface area contributed by atoms with E-state index in [4.69, 9.17) is 4.74 Å². The fraction of sp³-hybridized carbons (Fsp3) is 0.500. The van der Waals surface area contributed by atoms with E-state index >= 15 is 0 Å². The molecule has 1 aromatic carbocycles. The molecule has 0 saturated carbocycles. The zero-order valence-electron chi connectivity index (χ0n) is 15.5. The number of anilines is 1. The number of hydrogen-bond donors (Lipinski definition) is 0. The molecule has 1 saturated heterocycles. The van der Waals surface area contributed by atoms with Crippen molar-refractivity contribution >= 4 is 22.6 Å². The number of hydrogen-bond acceptors (Lipinski definition) is 5. The molecule has 0 unspecified atom stereocenters. The zero-order chi connectivity index (χ0) is 18.5. The number of carbonyl (C=O) groups excluding carboxylic acids is 1. The molecule has 1 aliphatic heterocycles. The Morgan fingerprint density at radius 3 is 2.85 bits per heavy atom. The van der Waals surface area contributed by atoms with Crippen molar-refractivity contribution in [2.24, 2.45) is 0 Å². The van der Waals surface area contributed by atoms with Crippen LogP contribution in [0.5, 0.6) is 0 Å². The van der Waals surface area contributed by atoms with Gasteiger partial charge in [0.2, 0.25) is 0 Å². The van der Waals surface area contributed by atoms with Crippen LogP contribution in [-0.4, -0.2) is 55.2 Å². The van der Waals surface area contributed by atoms with Crippen LogP contribution in [0.1, 0.15) is 37.0 Å². The van der Waals surface area contributed by atoms with E-state index in [1.54, 1.807) is 19.2 Å². The van der Waals surface area contributed by atoms with E-state index in [0.29, 0.717) is 23.1 Å². The largest absolute Gasteiger partial charge is 0.462 e. The molecule has 1 aliphatic rings. The van der Waals surface area contributed by atoms with Gasteiger partial charge in [0.05, 0.1) is 17.8 Å². The van der Waals surface area contributed by atoms with Crippen molar-refractivity contribution in [3.05, 3.63) is 35.8 Å². The first-order chi connectivity index (χ1) is 12.6. The predicted molar refractivity (Wildman–Crippen MR) is 101 cm³/mol. The Bertz CT molecular complexity index is 781. The number of esters is 1. The molecule has 0 atom stereocenters. The molecule has 2 heterocycles. The molecule has 5 nitrogen and oxygen atoms in total. The van der Waals surface area contributed by atoms with Crippen LogP contribution in [0.2, 0.25) is 0 Å². The monoisotopic (exact) mass is 359 g/mol. The number of halogens is 1. The van der Waals surface area contributed by atoms with E-state index in [-0.39, 0.29) is 5.82 Å². The van der Waals surface area contributed by atoms with Crippen LogP contribution < -0.4 is 4.90 Å². The summed E-state index contributed by atoms with van der Waals surface area (Å²) < 4.78 is 19.2. The van der Waals surface area contributed by atoms with E-state index in [2.05, 4.69) is 21.7 Å². The van der Waals surface area contributed by atoms with Crippen molar-refractivity contribution < 1.29 is 13.9 Å². The highest BCUT2D eigenvalue weighted by Crippen LogP contribution is 2.31.